The molecule has 0 radical (unpaired) electrons. The number of H-pyrrole nitrogens is 1. The van der Waals surface area contributed by atoms with Gasteiger partial charge in [-0.2, -0.15) is 0 Å². The maximum atomic E-state index is 13.1. The van der Waals surface area contributed by atoms with E-state index in [0.29, 0.717) is 35.0 Å². The Morgan fingerprint density at radius 3 is 2.89 bits per heavy atom. The summed E-state index contributed by atoms with van der Waals surface area (Å²) < 4.78 is 0. The highest BCUT2D eigenvalue weighted by atomic mass is 35.5. The second kappa shape index (κ2) is 9.96. The summed E-state index contributed by atoms with van der Waals surface area (Å²) in [5, 5.41) is 12.2. The van der Waals surface area contributed by atoms with Crippen LogP contribution in [0.4, 0.5) is 0 Å². The van der Waals surface area contributed by atoms with Gasteiger partial charge in [0.25, 0.3) is 11.8 Å². The van der Waals surface area contributed by atoms with Crippen molar-refractivity contribution in [1.82, 2.24) is 25.5 Å². The Kier molecular flexibility index (Phi) is 6.77. The Bertz CT molecular complexity index is 1300. The van der Waals surface area contributed by atoms with Crippen molar-refractivity contribution < 1.29 is 14.4 Å². The van der Waals surface area contributed by atoms with Gasteiger partial charge in [0, 0.05) is 46.7 Å². The Balaban J connectivity index is 1.32. The Morgan fingerprint density at radius 2 is 2.06 bits per heavy atom. The van der Waals surface area contributed by atoms with Gasteiger partial charge >= 0.3 is 0 Å². The van der Waals surface area contributed by atoms with E-state index in [1.54, 1.807) is 12.1 Å². The predicted molar refractivity (Wildman–Crippen MR) is 136 cm³/mol. The monoisotopic (exact) mass is 514 g/mol. The van der Waals surface area contributed by atoms with E-state index in [-0.39, 0.29) is 23.9 Å². The molecular formula is C24H27ClN6O3S. The van der Waals surface area contributed by atoms with E-state index < -0.39 is 0 Å². The van der Waals surface area contributed by atoms with Gasteiger partial charge in [0.05, 0.1) is 23.5 Å². The zero-order chi connectivity index (χ0) is 24.5. The number of rotatable bonds is 5. The summed E-state index contributed by atoms with van der Waals surface area (Å²) in [7, 11) is 3.57. The maximum absolute atomic E-state index is 13.1. The Morgan fingerprint density at radius 1 is 1.23 bits per heavy atom. The number of fused-ring (bicyclic) bond motifs is 2. The number of oxime groups is 1. The van der Waals surface area contributed by atoms with Crippen molar-refractivity contribution in [3.8, 4) is 0 Å². The van der Waals surface area contributed by atoms with Crippen molar-refractivity contribution in [1.29, 1.82) is 0 Å². The maximum Gasteiger partial charge on any atom is 0.280 e. The molecule has 5 rings (SSSR count). The van der Waals surface area contributed by atoms with E-state index in [2.05, 4.69) is 37.7 Å². The van der Waals surface area contributed by atoms with Crippen LogP contribution in [0, 0.1) is 0 Å². The molecule has 0 bridgehead atoms. The van der Waals surface area contributed by atoms with Crippen LogP contribution in [-0.2, 0) is 17.8 Å². The number of carbonyl (C=O) groups is 2. The number of hydrogen-bond donors (Lipinski definition) is 3. The molecule has 2 aliphatic rings. The highest BCUT2D eigenvalue weighted by molar-refractivity contribution is 7.13. The third-order valence-electron chi connectivity index (χ3n) is 6.48. The lowest BCUT2D eigenvalue weighted by molar-refractivity contribution is 0.0874. The first-order chi connectivity index (χ1) is 16.9. The van der Waals surface area contributed by atoms with E-state index >= 15 is 0 Å². The fourth-order valence-electron chi connectivity index (χ4n) is 4.68. The molecule has 0 saturated heterocycles. The second-order valence-electron chi connectivity index (χ2n) is 9.03. The van der Waals surface area contributed by atoms with Crippen LogP contribution in [0.1, 0.15) is 50.1 Å². The number of aromatic amines is 1. The predicted octanol–water partition coefficient (Wildman–Crippen LogP) is 3.35. The molecule has 9 nitrogen and oxygen atoms in total. The number of amides is 2. The van der Waals surface area contributed by atoms with Gasteiger partial charge in [-0.05, 0) is 44.2 Å². The summed E-state index contributed by atoms with van der Waals surface area (Å²) in [4.78, 5) is 42.3. The molecule has 184 valence electrons. The molecule has 1 fully saturated rings. The third kappa shape index (κ3) is 5.19. The standard InChI is InChI=1S/C24H27ClN6O3S/c1-31-8-7-18-21(12-31)35-24(29-18)23(33)27-17-6-4-15(30-34-2)11-19(17)28-22(32)20-10-13-9-14(25)3-5-16(13)26-20/h3,5,9-10,17,19,26H,4,6-8,11-12H2,1-2H3,(H,27,33)(H,28,32)/t17-,19+/m1/s1. The molecular weight excluding hydrogens is 488 g/mol. The average molecular weight is 515 g/mol. The van der Waals surface area contributed by atoms with E-state index in [0.717, 1.165) is 46.7 Å². The smallest absolute Gasteiger partial charge is 0.280 e. The van der Waals surface area contributed by atoms with Crippen LogP contribution in [-0.4, -0.2) is 65.2 Å². The van der Waals surface area contributed by atoms with Crippen LogP contribution in [0.2, 0.25) is 5.02 Å². The van der Waals surface area contributed by atoms with E-state index in [1.165, 1.54) is 18.4 Å². The summed E-state index contributed by atoms with van der Waals surface area (Å²) in [6, 6.07) is 6.59. The van der Waals surface area contributed by atoms with E-state index in [9.17, 15) is 9.59 Å². The third-order valence-corrected chi connectivity index (χ3v) is 7.80. The van der Waals surface area contributed by atoms with Crippen molar-refractivity contribution in [2.24, 2.45) is 5.16 Å². The summed E-state index contributed by atoms with van der Waals surface area (Å²) >= 11 is 7.53. The molecule has 1 aromatic carbocycles. The molecule has 0 spiro atoms. The Hall–Kier alpha value is -2.95. The fourth-order valence-corrected chi connectivity index (χ4v) is 5.95. The number of carbonyl (C=O) groups excluding carboxylic acids is 2. The summed E-state index contributed by atoms with van der Waals surface area (Å²) in [6.45, 7) is 1.75. The molecule has 3 aromatic rings. The number of benzene rings is 1. The molecule has 11 heteroatoms. The molecule has 1 saturated carbocycles. The topological polar surface area (TPSA) is 112 Å². The van der Waals surface area contributed by atoms with Crippen molar-refractivity contribution in [2.45, 2.75) is 44.3 Å². The summed E-state index contributed by atoms with van der Waals surface area (Å²) in [5.74, 6) is -0.461. The number of thiazole rings is 1. The molecule has 1 aliphatic carbocycles. The van der Waals surface area contributed by atoms with Gasteiger partial charge in [-0.1, -0.05) is 16.8 Å². The average Bonchev–Trinajstić information content (AvgIpc) is 3.44. The first kappa shape index (κ1) is 23.8. The molecule has 3 heterocycles. The van der Waals surface area contributed by atoms with E-state index in [4.69, 9.17) is 16.4 Å². The van der Waals surface area contributed by atoms with Crippen molar-refractivity contribution in [3.63, 3.8) is 0 Å². The number of halogens is 1. The highest BCUT2D eigenvalue weighted by Gasteiger charge is 2.33. The highest BCUT2D eigenvalue weighted by Crippen LogP contribution is 2.26. The van der Waals surface area contributed by atoms with Gasteiger partial charge in [0.15, 0.2) is 5.01 Å². The lowest BCUT2D eigenvalue weighted by atomic mass is 9.88. The van der Waals surface area contributed by atoms with E-state index in [1.807, 2.05) is 12.1 Å². The van der Waals surface area contributed by atoms with Gasteiger partial charge in [-0.25, -0.2) is 4.98 Å². The largest absolute Gasteiger partial charge is 0.399 e. The lowest BCUT2D eigenvalue weighted by Crippen LogP contribution is -2.54. The minimum atomic E-state index is -0.343. The van der Waals surface area contributed by atoms with Gasteiger partial charge in [0.2, 0.25) is 0 Å². The fraction of sp³-hybridized carbons (Fsp3) is 0.417. The molecule has 2 aromatic heterocycles. The number of nitrogens with zero attached hydrogens (tertiary/aromatic N) is 3. The zero-order valence-electron chi connectivity index (χ0n) is 19.6. The van der Waals surface area contributed by atoms with Crippen LogP contribution in [0.25, 0.3) is 10.9 Å². The lowest BCUT2D eigenvalue weighted by Gasteiger charge is -2.33. The minimum Gasteiger partial charge on any atom is -0.399 e. The SMILES string of the molecule is CON=C1CC[C@@H](NC(=O)c2nc3c(s2)CN(C)CC3)[C@@H](NC(=O)c2cc3cc(Cl)ccc3[nH]2)C1. The molecule has 1 aliphatic heterocycles. The quantitative estimate of drug-likeness (QED) is 0.452. The normalized spacial score (nSPS) is 21.6. The first-order valence-electron chi connectivity index (χ1n) is 11.6. The van der Waals surface area contributed by atoms with Crippen molar-refractivity contribution in [3.05, 3.63) is 50.6 Å². The van der Waals surface area contributed by atoms with Gasteiger partial charge in [0.1, 0.15) is 12.8 Å². The number of likely N-dealkylation sites (N-methyl/N-ethyl adjacent to an activating group) is 1. The van der Waals surface area contributed by atoms with Crippen LogP contribution < -0.4 is 10.6 Å². The number of nitrogens with one attached hydrogen (secondary N) is 3. The first-order valence-corrected chi connectivity index (χ1v) is 12.7. The van der Waals surface area contributed by atoms with Crippen LogP contribution >= 0.6 is 22.9 Å². The van der Waals surface area contributed by atoms with Crippen LogP contribution in [0.3, 0.4) is 0 Å². The molecule has 0 unspecified atom stereocenters. The van der Waals surface area contributed by atoms with Crippen LogP contribution in [0.5, 0.6) is 0 Å². The van der Waals surface area contributed by atoms with Crippen molar-refractivity contribution in [2.75, 3.05) is 20.7 Å². The van der Waals surface area contributed by atoms with Gasteiger partial charge in [-0.3, -0.25) is 9.59 Å². The van der Waals surface area contributed by atoms with Gasteiger partial charge < -0.3 is 25.4 Å². The second-order valence-corrected chi connectivity index (χ2v) is 10.6. The van der Waals surface area contributed by atoms with Gasteiger partial charge in [-0.15, -0.1) is 11.3 Å². The Labute approximate surface area is 211 Å². The molecule has 2 atom stereocenters. The zero-order valence-corrected chi connectivity index (χ0v) is 21.1. The molecule has 35 heavy (non-hydrogen) atoms. The van der Waals surface area contributed by atoms with Crippen LogP contribution in [0.15, 0.2) is 29.4 Å². The van der Waals surface area contributed by atoms with Crippen molar-refractivity contribution >= 4 is 51.4 Å². The number of hydrogen-bond acceptors (Lipinski definition) is 7. The summed E-state index contributed by atoms with van der Waals surface area (Å²) in [5.41, 5.74) is 3.12. The molecule has 2 amide bonds. The summed E-state index contributed by atoms with van der Waals surface area (Å²) in [6.07, 6.45) is 2.64. The molecule has 3 N–H and O–H groups in total. The minimum absolute atomic E-state index is 0.205. The number of aromatic nitrogens is 2.